The summed E-state index contributed by atoms with van der Waals surface area (Å²) in [5.74, 6) is 0.811. The molecule has 2 aliphatic heterocycles. The Labute approximate surface area is 203 Å². The lowest BCUT2D eigenvalue weighted by atomic mass is 9.92. The first-order valence-electron chi connectivity index (χ1n) is 11.6. The Morgan fingerprint density at radius 3 is 2.20 bits per heavy atom. The second-order valence-corrected chi connectivity index (χ2v) is 8.98. The molecule has 0 aromatic heterocycles. The molecule has 0 fully saturated rings. The molecule has 0 aliphatic carbocycles. The number of rotatable bonds is 4. The first-order valence-corrected chi connectivity index (χ1v) is 11.6. The Morgan fingerprint density at radius 2 is 1.49 bits per heavy atom. The molecule has 2 aliphatic rings. The standard InChI is InChI=1S/C29H23N3O3/c1-29(23-15-17-24(18-16-23)32(33)34)31-27(25-9-5-6-10-28(25)35-29)19-26(30-31)22-13-11-21(12-14-22)20-7-3-2-4-8-20/h2-18,27H,19H2,1H3/t27-,29+/m1/s1. The van der Waals surface area contributed by atoms with E-state index in [2.05, 4.69) is 42.5 Å². The number of nitro groups is 1. The van der Waals surface area contributed by atoms with Gasteiger partial charge in [0.2, 0.25) is 5.72 Å². The summed E-state index contributed by atoms with van der Waals surface area (Å²) in [6.45, 7) is 1.97. The fourth-order valence-corrected chi connectivity index (χ4v) is 5.00. The summed E-state index contributed by atoms with van der Waals surface area (Å²) >= 11 is 0. The summed E-state index contributed by atoms with van der Waals surface area (Å²) in [6.07, 6.45) is 0.744. The second-order valence-electron chi connectivity index (χ2n) is 8.98. The zero-order chi connectivity index (χ0) is 24.0. The number of hydrazone groups is 1. The van der Waals surface area contributed by atoms with Crippen LogP contribution in [0.15, 0.2) is 108 Å². The Hall–Kier alpha value is -4.45. The van der Waals surface area contributed by atoms with Crippen LogP contribution < -0.4 is 4.74 Å². The highest BCUT2D eigenvalue weighted by Crippen LogP contribution is 2.50. The maximum Gasteiger partial charge on any atom is 0.269 e. The molecule has 6 nitrogen and oxygen atoms in total. The van der Waals surface area contributed by atoms with Crippen LogP contribution in [0.25, 0.3) is 11.1 Å². The molecule has 0 bridgehead atoms. The van der Waals surface area contributed by atoms with Crippen LogP contribution >= 0.6 is 0 Å². The molecule has 6 rings (SSSR count). The maximum absolute atomic E-state index is 11.2. The van der Waals surface area contributed by atoms with E-state index < -0.39 is 10.6 Å². The summed E-state index contributed by atoms with van der Waals surface area (Å²) in [5.41, 5.74) is 5.45. The van der Waals surface area contributed by atoms with Gasteiger partial charge in [0, 0.05) is 36.6 Å². The molecule has 0 amide bonds. The maximum atomic E-state index is 11.2. The molecule has 172 valence electrons. The van der Waals surface area contributed by atoms with Crippen LogP contribution in [0.3, 0.4) is 0 Å². The highest BCUT2D eigenvalue weighted by atomic mass is 16.6. The second kappa shape index (κ2) is 8.09. The molecule has 2 heterocycles. The average molecular weight is 462 g/mol. The lowest BCUT2D eigenvalue weighted by Crippen LogP contribution is -2.48. The zero-order valence-corrected chi connectivity index (χ0v) is 19.2. The van der Waals surface area contributed by atoms with Crippen molar-refractivity contribution in [3.8, 4) is 16.9 Å². The van der Waals surface area contributed by atoms with Crippen LogP contribution in [0.2, 0.25) is 0 Å². The van der Waals surface area contributed by atoms with Gasteiger partial charge in [0.05, 0.1) is 16.7 Å². The molecule has 0 radical (unpaired) electrons. The van der Waals surface area contributed by atoms with Gasteiger partial charge in [-0.15, -0.1) is 0 Å². The van der Waals surface area contributed by atoms with Crippen LogP contribution in [-0.2, 0) is 5.72 Å². The fourth-order valence-electron chi connectivity index (χ4n) is 5.00. The van der Waals surface area contributed by atoms with Crippen molar-refractivity contribution in [2.75, 3.05) is 0 Å². The number of fused-ring (bicyclic) bond motifs is 3. The van der Waals surface area contributed by atoms with Crippen LogP contribution in [0.1, 0.15) is 36.1 Å². The van der Waals surface area contributed by atoms with Crippen molar-refractivity contribution >= 4 is 11.4 Å². The minimum atomic E-state index is -0.903. The zero-order valence-electron chi connectivity index (χ0n) is 19.2. The Balaban J connectivity index is 1.39. The number of hydrogen-bond acceptors (Lipinski definition) is 5. The molecule has 0 saturated carbocycles. The van der Waals surface area contributed by atoms with Gasteiger partial charge in [-0.3, -0.25) is 10.1 Å². The van der Waals surface area contributed by atoms with Crippen molar-refractivity contribution in [3.63, 3.8) is 0 Å². The van der Waals surface area contributed by atoms with Crippen molar-refractivity contribution in [2.45, 2.75) is 25.1 Å². The van der Waals surface area contributed by atoms with E-state index in [0.717, 1.165) is 40.1 Å². The minimum absolute atomic E-state index is 0.00365. The molecule has 4 aromatic rings. The van der Waals surface area contributed by atoms with E-state index in [0.29, 0.717) is 0 Å². The fraction of sp³-hybridized carbons (Fsp3) is 0.138. The molecule has 4 aromatic carbocycles. The van der Waals surface area contributed by atoms with Gasteiger partial charge in [0.25, 0.3) is 5.69 Å². The van der Waals surface area contributed by atoms with E-state index in [1.807, 2.05) is 48.3 Å². The number of non-ortho nitro benzene ring substituents is 1. The quantitative estimate of drug-likeness (QED) is 0.251. The predicted molar refractivity (Wildman–Crippen MR) is 135 cm³/mol. The Bertz CT molecular complexity index is 1430. The van der Waals surface area contributed by atoms with Crippen LogP contribution in [0.5, 0.6) is 5.75 Å². The number of nitrogens with zero attached hydrogens (tertiary/aromatic N) is 3. The topological polar surface area (TPSA) is 68.0 Å². The van der Waals surface area contributed by atoms with Gasteiger partial charge in [0.1, 0.15) is 5.75 Å². The Morgan fingerprint density at radius 1 is 0.857 bits per heavy atom. The smallest absolute Gasteiger partial charge is 0.269 e. The van der Waals surface area contributed by atoms with Crippen molar-refractivity contribution in [1.82, 2.24) is 5.01 Å². The van der Waals surface area contributed by atoms with E-state index in [4.69, 9.17) is 9.84 Å². The van der Waals surface area contributed by atoms with Crippen molar-refractivity contribution in [3.05, 3.63) is 130 Å². The highest BCUT2D eigenvalue weighted by Gasteiger charge is 2.48. The molecule has 0 N–H and O–H groups in total. The van der Waals surface area contributed by atoms with Gasteiger partial charge in [-0.05, 0) is 34.9 Å². The van der Waals surface area contributed by atoms with Crippen molar-refractivity contribution in [2.24, 2.45) is 5.10 Å². The third kappa shape index (κ3) is 3.54. The summed E-state index contributed by atoms with van der Waals surface area (Å²) in [6, 6.07) is 33.4. The van der Waals surface area contributed by atoms with Gasteiger partial charge in [-0.2, -0.15) is 5.10 Å². The normalized spacial score (nSPS) is 20.4. The SMILES string of the molecule is C[C@@]1(c2ccc([N+](=O)[O-])cc2)Oc2ccccc2[C@H]2CC(c3ccc(-c4ccccc4)cc3)=NN21. The molecule has 2 atom stereocenters. The number of hydrogen-bond donors (Lipinski definition) is 0. The lowest BCUT2D eigenvalue weighted by molar-refractivity contribution is -0.384. The van der Waals surface area contributed by atoms with E-state index in [1.54, 1.807) is 12.1 Å². The summed E-state index contributed by atoms with van der Waals surface area (Å²) in [4.78, 5) is 10.8. The van der Waals surface area contributed by atoms with Crippen LogP contribution in [0, 0.1) is 10.1 Å². The van der Waals surface area contributed by atoms with E-state index in [-0.39, 0.29) is 11.7 Å². The van der Waals surface area contributed by atoms with E-state index in [9.17, 15) is 10.1 Å². The summed E-state index contributed by atoms with van der Waals surface area (Å²) in [7, 11) is 0. The predicted octanol–water partition coefficient (Wildman–Crippen LogP) is 6.68. The lowest BCUT2D eigenvalue weighted by Gasteiger charge is -2.45. The minimum Gasteiger partial charge on any atom is -0.462 e. The van der Waals surface area contributed by atoms with Gasteiger partial charge >= 0.3 is 0 Å². The van der Waals surface area contributed by atoms with Gasteiger partial charge in [-0.25, -0.2) is 5.01 Å². The summed E-state index contributed by atoms with van der Waals surface area (Å²) in [5, 5.41) is 18.2. The highest BCUT2D eigenvalue weighted by molar-refractivity contribution is 6.02. The molecule has 0 spiro atoms. The van der Waals surface area contributed by atoms with Crippen molar-refractivity contribution < 1.29 is 9.66 Å². The number of para-hydroxylation sites is 1. The van der Waals surface area contributed by atoms with Crippen LogP contribution in [-0.4, -0.2) is 15.6 Å². The first kappa shape index (κ1) is 21.1. The molecule has 0 unspecified atom stereocenters. The monoisotopic (exact) mass is 461 g/mol. The van der Waals surface area contributed by atoms with E-state index in [1.165, 1.54) is 17.7 Å². The third-order valence-corrected chi connectivity index (χ3v) is 6.87. The van der Waals surface area contributed by atoms with Gasteiger partial charge < -0.3 is 4.74 Å². The average Bonchev–Trinajstić information content (AvgIpc) is 3.36. The van der Waals surface area contributed by atoms with Crippen molar-refractivity contribution in [1.29, 1.82) is 0 Å². The Kier molecular flexibility index (Phi) is 4.88. The third-order valence-electron chi connectivity index (χ3n) is 6.87. The first-order chi connectivity index (χ1) is 17.0. The number of benzene rings is 4. The van der Waals surface area contributed by atoms with Gasteiger partial charge in [0.15, 0.2) is 0 Å². The molecule has 35 heavy (non-hydrogen) atoms. The molecular weight excluding hydrogens is 438 g/mol. The molecule has 0 saturated heterocycles. The number of ether oxygens (including phenoxy) is 1. The number of nitro benzene ring substituents is 1. The van der Waals surface area contributed by atoms with Crippen LogP contribution in [0.4, 0.5) is 5.69 Å². The van der Waals surface area contributed by atoms with Gasteiger partial charge in [-0.1, -0.05) is 72.8 Å². The van der Waals surface area contributed by atoms with E-state index >= 15 is 0 Å². The molecular formula is C29H23N3O3. The largest absolute Gasteiger partial charge is 0.462 e. The molecule has 6 heteroatoms. The summed E-state index contributed by atoms with van der Waals surface area (Å²) < 4.78 is 6.53.